The maximum atomic E-state index is 13.7. The van der Waals surface area contributed by atoms with Crippen molar-refractivity contribution in [3.63, 3.8) is 0 Å². The molecule has 2 rings (SSSR count). The zero-order chi connectivity index (χ0) is 14.5. The van der Waals surface area contributed by atoms with Gasteiger partial charge in [0.1, 0.15) is 18.2 Å². The number of ether oxygens (including phenoxy) is 1. The molecule has 20 heavy (non-hydrogen) atoms. The lowest BCUT2D eigenvalue weighted by Crippen LogP contribution is -2.08. The van der Waals surface area contributed by atoms with Gasteiger partial charge in [-0.05, 0) is 25.1 Å². The van der Waals surface area contributed by atoms with E-state index < -0.39 is 5.82 Å². The standard InChI is InChI=1S/C16H15FN2O/c1-11(19)14-4-2-3-5-16(14)20-10-13-7-6-12(9-18)8-15(13)17/h2-8,11H,10,19H2,1H3/t11-/m0/s1. The zero-order valence-corrected chi connectivity index (χ0v) is 11.1. The average molecular weight is 270 g/mol. The van der Waals surface area contributed by atoms with E-state index in [-0.39, 0.29) is 12.6 Å². The first-order valence-corrected chi connectivity index (χ1v) is 6.27. The molecule has 102 valence electrons. The first-order valence-electron chi connectivity index (χ1n) is 6.27. The third kappa shape index (κ3) is 3.14. The van der Waals surface area contributed by atoms with Crippen LogP contribution in [0.1, 0.15) is 29.7 Å². The van der Waals surface area contributed by atoms with E-state index in [1.807, 2.05) is 31.2 Å². The molecule has 4 heteroatoms. The summed E-state index contributed by atoms with van der Waals surface area (Å²) in [7, 11) is 0. The van der Waals surface area contributed by atoms with Crippen molar-refractivity contribution in [1.82, 2.24) is 0 Å². The Morgan fingerprint density at radius 3 is 2.70 bits per heavy atom. The van der Waals surface area contributed by atoms with Crippen LogP contribution >= 0.6 is 0 Å². The lowest BCUT2D eigenvalue weighted by molar-refractivity contribution is 0.295. The number of para-hydroxylation sites is 1. The van der Waals surface area contributed by atoms with E-state index in [4.69, 9.17) is 15.7 Å². The SMILES string of the molecule is C[C@H](N)c1ccccc1OCc1ccc(C#N)cc1F. The minimum atomic E-state index is -0.442. The molecule has 0 aliphatic carbocycles. The van der Waals surface area contributed by atoms with Crippen LogP contribution in [0.25, 0.3) is 0 Å². The van der Waals surface area contributed by atoms with Crippen molar-refractivity contribution in [3.8, 4) is 11.8 Å². The van der Waals surface area contributed by atoms with Gasteiger partial charge in [0.05, 0.1) is 11.6 Å². The number of nitriles is 1. The highest BCUT2D eigenvalue weighted by Crippen LogP contribution is 2.24. The Morgan fingerprint density at radius 1 is 1.30 bits per heavy atom. The predicted octanol–water partition coefficient (Wildman–Crippen LogP) is 3.30. The Morgan fingerprint density at radius 2 is 2.05 bits per heavy atom. The van der Waals surface area contributed by atoms with Crippen LogP contribution in [-0.2, 0) is 6.61 Å². The summed E-state index contributed by atoms with van der Waals surface area (Å²) in [5.74, 6) is 0.202. The molecule has 0 fully saturated rings. The highest BCUT2D eigenvalue weighted by Gasteiger charge is 2.09. The number of hydrogen-bond acceptors (Lipinski definition) is 3. The van der Waals surface area contributed by atoms with Gasteiger partial charge in [-0.3, -0.25) is 0 Å². The summed E-state index contributed by atoms with van der Waals surface area (Å²) in [6, 6.07) is 13.5. The summed E-state index contributed by atoms with van der Waals surface area (Å²) in [5, 5.41) is 8.70. The lowest BCUT2D eigenvalue weighted by Gasteiger charge is -2.14. The Kier molecular flexibility index (Phi) is 4.34. The molecule has 0 aliphatic heterocycles. The fraction of sp³-hybridized carbons (Fsp3) is 0.188. The smallest absolute Gasteiger partial charge is 0.131 e. The Bertz CT molecular complexity index is 647. The molecule has 0 unspecified atom stereocenters. The minimum absolute atomic E-state index is 0.0985. The van der Waals surface area contributed by atoms with Crippen LogP contribution in [0.3, 0.4) is 0 Å². The highest BCUT2D eigenvalue weighted by molar-refractivity contribution is 5.36. The largest absolute Gasteiger partial charge is 0.488 e. The van der Waals surface area contributed by atoms with Crippen LogP contribution in [0.4, 0.5) is 4.39 Å². The second-order valence-electron chi connectivity index (χ2n) is 4.53. The van der Waals surface area contributed by atoms with E-state index in [1.54, 1.807) is 18.2 Å². The molecule has 2 aromatic rings. The molecule has 0 bridgehead atoms. The van der Waals surface area contributed by atoms with Crippen molar-refractivity contribution in [2.75, 3.05) is 0 Å². The van der Waals surface area contributed by atoms with Gasteiger partial charge in [-0.25, -0.2) is 4.39 Å². The second-order valence-corrected chi connectivity index (χ2v) is 4.53. The van der Waals surface area contributed by atoms with E-state index >= 15 is 0 Å². The van der Waals surface area contributed by atoms with E-state index in [0.717, 1.165) is 5.56 Å². The van der Waals surface area contributed by atoms with Gasteiger partial charge in [0.2, 0.25) is 0 Å². The molecule has 2 aromatic carbocycles. The van der Waals surface area contributed by atoms with Gasteiger partial charge in [0.25, 0.3) is 0 Å². The first kappa shape index (κ1) is 14.0. The highest BCUT2D eigenvalue weighted by atomic mass is 19.1. The lowest BCUT2D eigenvalue weighted by atomic mass is 10.1. The number of halogens is 1. The van der Waals surface area contributed by atoms with E-state index in [1.165, 1.54) is 6.07 Å². The molecule has 3 nitrogen and oxygen atoms in total. The first-order chi connectivity index (χ1) is 9.61. The zero-order valence-electron chi connectivity index (χ0n) is 11.1. The minimum Gasteiger partial charge on any atom is -0.488 e. The number of hydrogen-bond donors (Lipinski definition) is 1. The molecule has 0 saturated carbocycles. The van der Waals surface area contributed by atoms with Gasteiger partial charge < -0.3 is 10.5 Å². The monoisotopic (exact) mass is 270 g/mol. The molecule has 0 spiro atoms. The van der Waals surface area contributed by atoms with Crippen LogP contribution < -0.4 is 10.5 Å². The van der Waals surface area contributed by atoms with Gasteiger partial charge >= 0.3 is 0 Å². The fourth-order valence-corrected chi connectivity index (χ4v) is 1.88. The molecule has 0 aliphatic rings. The number of nitrogens with zero attached hydrogens (tertiary/aromatic N) is 1. The molecule has 0 radical (unpaired) electrons. The molecule has 0 saturated heterocycles. The average Bonchev–Trinajstić information content (AvgIpc) is 2.46. The maximum absolute atomic E-state index is 13.7. The molecule has 0 amide bonds. The predicted molar refractivity (Wildman–Crippen MR) is 74.5 cm³/mol. The third-order valence-electron chi connectivity index (χ3n) is 2.97. The van der Waals surface area contributed by atoms with Gasteiger partial charge in [-0.15, -0.1) is 0 Å². The van der Waals surface area contributed by atoms with Crippen molar-refractivity contribution in [2.45, 2.75) is 19.6 Å². The second kappa shape index (κ2) is 6.18. The Hall–Kier alpha value is -2.38. The Labute approximate surface area is 117 Å². The molecular formula is C16H15FN2O. The van der Waals surface area contributed by atoms with Crippen molar-refractivity contribution in [1.29, 1.82) is 5.26 Å². The van der Waals surface area contributed by atoms with Gasteiger partial charge in [0, 0.05) is 17.2 Å². The molecule has 1 atom stereocenters. The van der Waals surface area contributed by atoms with Crippen molar-refractivity contribution < 1.29 is 9.13 Å². The van der Waals surface area contributed by atoms with Crippen molar-refractivity contribution >= 4 is 0 Å². The summed E-state index contributed by atoms with van der Waals surface area (Å²) in [6.45, 7) is 1.96. The maximum Gasteiger partial charge on any atom is 0.131 e. The van der Waals surface area contributed by atoms with Gasteiger partial charge in [0.15, 0.2) is 0 Å². The topological polar surface area (TPSA) is 59.0 Å². The van der Waals surface area contributed by atoms with E-state index in [2.05, 4.69) is 0 Å². The molecule has 0 aromatic heterocycles. The number of nitrogens with two attached hydrogens (primary N) is 1. The van der Waals surface area contributed by atoms with E-state index in [0.29, 0.717) is 16.9 Å². The molecule has 0 heterocycles. The summed E-state index contributed by atoms with van der Waals surface area (Å²) in [6.07, 6.45) is 0. The van der Waals surface area contributed by atoms with Crippen molar-refractivity contribution in [2.24, 2.45) is 5.73 Å². The number of rotatable bonds is 4. The van der Waals surface area contributed by atoms with Crippen LogP contribution in [0.15, 0.2) is 42.5 Å². The van der Waals surface area contributed by atoms with Gasteiger partial charge in [-0.1, -0.05) is 24.3 Å². The quantitative estimate of drug-likeness (QED) is 0.927. The summed E-state index contributed by atoms with van der Waals surface area (Å²) >= 11 is 0. The fourth-order valence-electron chi connectivity index (χ4n) is 1.88. The molecular weight excluding hydrogens is 255 g/mol. The van der Waals surface area contributed by atoms with E-state index in [9.17, 15) is 4.39 Å². The van der Waals surface area contributed by atoms with Crippen LogP contribution in [-0.4, -0.2) is 0 Å². The van der Waals surface area contributed by atoms with Crippen LogP contribution in [0.2, 0.25) is 0 Å². The third-order valence-corrected chi connectivity index (χ3v) is 2.97. The van der Waals surface area contributed by atoms with Crippen LogP contribution in [0, 0.1) is 17.1 Å². The van der Waals surface area contributed by atoms with Crippen molar-refractivity contribution in [3.05, 3.63) is 65.0 Å². The Balaban J connectivity index is 2.15. The summed E-state index contributed by atoms with van der Waals surface area (Å²) in [5.41, 5.74) is 7.44. The van der Waals surface area contributed by atoms with Gasteiger partial charge in [-0.2, -0.15) is 5.26 Å². The summed E-state index contributed by atoms with van der Waals surface area (Å²) in [4.78, 5) is 0. The normalized spacial score (nSPS) is 11.7. The number of benzene rings is 2. The summed E-state index contributed by atoms with van der Waals surface area (Å²) < 4.78 is 19.4. The van der Waals surface area contributed by atoms with Crippen LogP contribution in [0.5, 0.6) is 5.75 Å². The molecule has 2 N–H and O–H groups in total.